The molecule has 0 aromatic rings. The molecule has 74 valence electrons. The topological polar surface area (TPSA) is 54.9 Å². The minimum Gasteiger partial charge on any atom is -0.385 e. The Bertz CT molecular complexity index is 194. The Morgan fingerprint density at radius 3 is 2.92 bits per heavy atom. The lowest BCUT2D eigenvalue weighted by Gasteiger charge is -2.23. The van der Waals surface area contributed by atoms with Gasteiger partial charge in [0.1, 0.15) is 0 Å². The van der Waals surface area contributed by atoms with Crippen LogP contribution in [0.5, 0.6) is 0 Å². The van der Waals surface area contributed by atoms with Gasteiger partial charge in [0.2, 0.25) is 0 Å². The number of nitrogens with zero attached hydrogens (tertiary/aromatic N) is 1. The first-order valence-electron chi connectivity index (χ1n) is 4.13. The van der Waals surface area contributed by atoms with Gasteiger partial charge < -0.3 is 10.1 Å². The van der Waals surface area contributed by atoms with Crippen molar-refractivity contribution in [3.05, 3.63) is 12.3 Å². The van der Waals surface area contributed by atoms with Crippen LogP contribution >= 0.6 is 0 Å². The number of rotatable bonds is 6. The molecule has 0 saturated heterocycles. The maximum absolute atomic E-state index is 5.18. The average Bonchev–Trinajstić information content (AvgIpc) is 2.08. The minimum absolute atomic E-state index is 0.00472. The fraction of sp³-hybridized carbons (Fsp3) is 0.625. The predicted octanol–water partition coefficient (Wildman–Crippen LogP) is 0.0138. The Labute approximate surface area is 77.7 Å². The Morgan fingerprint density at radius 1 is 1.69 bits per heavy atom. The first-order valence-corrected chi connectivity index (χ1v) is 4.13. The molecule has 0 saturated carbocycles. The van der Waals surface area contributed by atoms with E-state index in [1.807, 2.05) is 6.20 Å². The zero-order chi connectivity index (χ0) is 9.52. The van der Waals surface area contributed by atoms with Gasteiger partial charge in [-0.25, -0.2) is 0 Å². The van der Waals surface area contributed by atoms with Gasteiger partial charge >= 0.3 is 0 Å². The monoisotopic (exact) mass is 185 g/mol. The summed E-state index contributed by atoms with van der Waals surface area (Å²) in [6, 6.07) is 0.402. The molecular formula is C8H15N3O2. The van der Waals surface area contributed by atoms with Gasteiger partial charge in [-0.2, -0.15) is 10.7 Å². The molecule has 5 heteroatoms. The lowest BCUT2D eigenvalue weighted by Crippen LogP contribution is -2.35. The molecule has 0 spiro atoms. The zero-order valence-electron chi connectivity index (χ0n) is 7.86. The van der Waals surface area contributed by atoms with Gasteiger partial charge in [0.25, 0.3) is 0 Å². The fourth-order valence-corrected chi connectivity index (χ4v) is 1.01. The summed E-state index contributed by atoms with van der Waals surface area (Å²) in [6.45, 7) is 0. The largest absolute Gasteiger partial charge is 0.385 e. The van der Waals surface area contributed by atoms with Gasteiger partial charge in [0.05, 0.1) is 19.4 Å². The molecule has 0 radical (unpaired) electrons. The summed E-state index contributed by atoms with van der Waals surface area (Å²) in [6.07, 6.45) is 6.57. The second kappa shape index (κ2) is 5.55. The van der Waals surface area contributed by atoms with Gasteiger partial charge in [-0.3, -0.25) is 4.84 Å². The molecule has 13 heavy (non-hydrogen) atoms. The van der Waals surface area contributed by atoms with Crippen molar-refractivity contribution in [1.82, 2.24) is 10.9 Å². The van der Waals surface area contributed by atoms with Crippen LogP contribution in [0.4, 0.5) is 0 Å². The average molecular weight is 185 g/mol. The maximum Gasteiger partial charge on any atom is 0.0963 e. The van der Waals surface area contributed by atoms with Crippen LogP contribution < -0.4 is 10.9 Å². The number of nitrogens with one attached hydrogen (secondary N) is 2. The van der Waals surface area contributed by atoms with E-state index in [2.05, 4.69) is 26.9 Å². The number of hydrogen-bond acceptors (Lipinski definition) is 5. The van der Waals surface area contributed by atoms with Crippen LogP contribution in [-0.2, 0) is 9.57 Å². The van der Waals surface area contributed by atoms with E-state index in [-0.39, 0.29) is 6.10 Å². The Kier molecular flexibility index (Phi) is 4.28. The summed E-state index contributed by atoms with van der Waals surface area (Å²) in [5, 5.41) is 6.93. The standard InChI is InChI=1S/C8H15N3O2/c1-12-8(6-10-11-13-2)5-7-3-4-9-7/h3-4,6-9,11H,5H2,1-2H3/b10-6+/t7?,8-/m0/s1. The first kappa shape index (κ1) is 10.0. The van der Waals surface area contributed by atoms with Gasteiger partial charge in [-0.15, -0.1) is 0 Å². The van der Waals surface area contributed by atoms with Crippen molar-refractivity contribution in [2.75, 3.05) is 14.2 Å². The van der Waals surface area contributed by atoms with Crippen LogP contribution in [0, 0.1) is 0 Å². The SMILES string of the molecule is CON/N=C/[C@H](CC1C=CN1)OC. The van der Waals surface area contributed by atoms with Crippen LogP contribution in [0.2, 0.25) is 0 Å². The molecule has 0 aromatic carbocycles. The van der Waals surface area contributed by atoms with Crippen molar-refractivity contribution in [2.45, 2.75) is 18.6 Å². The third-order valence-electron chi connectivity index (χ3n) is 1.81. The molecule has 0 aliphatic carbocycles. The molecule has 1 aliphatic heterocycles. The lowest BCUT2D eigenvalue weighted by atomic mass is 10.1. The molecule has 0 amide bonds. The summed E-state index contributed by atoms with van der Waals surface area (Å²) in [5.74, 6) is 0. The van der Waals surface area contributed by atoms with Crippen molar-refractivity contribution in [3.63, 3.8) is 0 Å². The molecule has 5 nitrogen and oxygen atoms in total. The lowest BCUT2D eigenvalue weighted by molar-refractivity contribution is 0.0919. The number of hydrazone groups is 1. The highest BCUT2D eigenvalue weighted by Gasteiger charge is 2.14. The van der Waals surface area contributed by atoms with Crippen LogP contribution in [0.15, 0.2) is 17.4 Å². The van der Waals surface area contributed by atoms with E-state index in [0.29, 0.717) is 6.04 Å². The maximum atomic E-state index is 5.18. The second-order valence-corrected chi connectivity index (χ2v) is 2.72. The second-order valence-electron chi connectivity index (χ2n) is 2.72. The number of ether oxygens (including phenoxy) is 1. The van der Waals surface area contributed by atoms with Crippen molar-refractivity contribution in [2.24, 2.45) is 5.10 Å². The quantitative estimate of drug-likeness (QED) is 0.452. The summed E-state index contributed by atoms with van der Waals surface area (Å²) in [5.41, 5.74) is 2.37. The molecule has 0 bridgehead atoms. The first-order chi connectivity index (χ1) is 6.36. The molecule has 1 rings (SSSR count). The predicted molar refractivity (Wildman–Crippen MR) is 50.1 cm³/mol. The smallest absolute Gasteiger partial charge is 0.0963 e. The van der Waals surface area contributed by atoms with E-state index in [1.54, 1.807) is 13.3 Å². The highest BCUT2D eigenvalue weighted by Crippen LogP contribution is 2.06. The van der Waals surface area contributed by atoms with E-state index in [9.17, 15) is 0 Å². The van der Waals surface area contributed by atoms with Gasteiger partial charge in [0.15, 0.2) is 0 Å². The Balaban J connectivity index is 2.21. The highest BCUT2D eigenvalue weighted by atomic mass is 16.7. The molecular weight excluding hydrogens is 170 g/mol. The summed E-state index contributed by atoms with van der Waals surface area (Å²) < 4.78 is 5.18. The molecule has 1 aliphatic rings. The van der Waals surface area contributed by atoms with Gasteiger partial charge in [-0.05, 0) is 12.3 Å². The zero-order valence-corrected chi connectivity index (χ0v) is 7.86. The third-order valence-corrected chi connectivity index (χ3v) is 1.81. The van der Waals surface area contributed by atoms with E-state index in [0.717, 1.165) is 6.42 Å². The fourth-order valence-electron chi connectivity index (χ4n) is 1.01. The number of methoxy groups -OCH3 is 1. The van der Waals surface area contributed by atoms with Crippen molar-refractivity contribution < 1.29 is 9.57 Å². The number of hydrogen-bond donors (Lipinski definition) is 2. The molecule has 1 unspecified atom stereocenters. The third kappa shape index (κ3) is 3.43. The molecule has 2 N–H and O–H groups in total. The van der Waals surface area contributed by atoms with E-state index < -0.39 is 0 Å². The van der Waals surface area contributed by atoms with Crippen molar-refractivity contribution in [1.29, 1.82) is 0 Å². The highest BCUT2D eigenvalue weighted by molar-refractivity contribution is 5.62. The van der Waals surface area contributed by atoms with E-state index in [1.165, 1.54) is 7.11 Å². The van der Waals surface area contributed by atoms with Gasteiger partial charge in [0, 0.05) is 19.6 Å². The van der Waals surface area contributed by atoms with Crippen molar-refractivity contribution >= 4 is 6.21 Å². The normalized spacial score (nSPS) is 22.5. The van der Waals surface area contributed by atoms with Crippen LogP contribution in [-0.4, -0.2) is 32.6 Å². The molecule has 0 fully saturated rings. The van der Waals surface area contributed by atoms with Crippen molar-refractivity contribution in [3.8, 4) is 0 Å². The minimum atomic E-state index is 0.00472. The van der Waals surface area contributed by atoms with Crippen LogP contribution in [0.1, 0.15) is 6.42 Å². The summed E-state index contributed by atoms with van der Waals surface area (Å²) >= 11 is 0. The molecule has 2 atom stereocenters. The molecule has 0 aromatic heterocycles. The van der Waals surface area contributed by atoms with Gasteiger partial charge in [-0.1, -0.05) is 0 Å². The Hall–Kier alpha value is -1.07. The van der Waals surface area contributed by atoms with Crippen LogP contribution in [0.3, 0.4) is 0 Å². The summed E-state index contributed by atoms with van der Waals surface area (Å²) in [4.78, 5) is 4.55. The summed E-state index contributed by atoms with van der Waals surface area (Å²) in [7, 11) is 3.17. The van der Waals surface area contributed by atoms with E-state index in [4.69, 9.17) is 4.74 Å². The Morgan fingerprint density at radius 2 is 2.46 bits per heavy atom. The molecule has 1 heterocycles. The van der Waals surface area contributed by atoms with Crippen LogP contribution in [0.25, 0.3) is 0 Å². The van der Waals surface area contributed by atoms with E-state index >= 15 is 0 Å².